The second kappa shape index (κ2) is 14.1. The van der Waals surface area contributed by atoms with Gasteiger partial charge in [-0.05, 0) is 30.2 Å². The maximum absolute atomic E-state index is 12.2. The normalized spacial score (nSPS) is 19.7. The van der Waals surface area contributed by atoms with Gasteiger partial charge in [-0.25, -0.2) is 4.79 Å². The summed E-state index contributed by atoms with van der Waals surface area (Å²) in [7, 11) is 0. The summed E-state index contributed by atoms with van der Waals surface area (Å²) in [6.07, 6.45) is -0.319. The molecular formula is C25H32N2O7S. The van der Waals surface area contributed by atoms with Gasteiger partial charge in [0.25, 0.3) is 0 Å². The van der Waals surface area contributed by atoms with Crippen LogP contribution in [0, 0.1) is 0 Å². The number of hydrogen-bond acceptors (Lipinski definition) is 8. The van der Waals surface area contributed by atoms with Crippen molar-refractivity contribution >= 4 is 29.4 Å². The van der Waals surface area contributed by atoms with E-state index in [9.17, 15) is 14.7 Å². The van der Waals surface area contributed by atoms with Crippen molar-refractivity contribution in [3.05, 3.63) is 65.2 Å². The number of amides is 2. The lowest BCUT2D eigenvalue weighted by Crippen LogP contribution is -2.34. The number of esters is 1. The molecule has 1 saturated heterocycles. The molecule has 10 heteroatoms. The van der Waals surface area contributed by atoms with Crippen molar-refractivity contribution in [1.82, 2.24) is 5.32 Å². The smallest absolute Gasteiger partial charge is 0.325 e. The van der Waals surface area contributed by atoms with Crippen LogP contribution in [0.1, 0.15) is 42.4 Å². The van der Waals surface area contributed by atoms with Gasteiger partial charge in [0.15, 0.2) is 6.29 Å². The number of ether oxygens (including phenoxy) is 3. The molecule has 190 valence electrons. The maximum Gasteiger partial charge on any atom is 0.325 e. The molecule has 1 aliphatic rings. The first-order valence-electron chi connectivity index (χ1n) is 11.5. The lowest BCUT2D eigenvalue weighted by Gasteiger charge is -2.36. The average Bonchev–Trinajstić information content (AvgIpc) is 2.88. The minimum atomic E-state index is -0.657. The number of aliphatic hydroxyl groups is 2. The van der Waals surface area contributed by atoms with E-state index >= 15 is 0 Å². The predicted octanol–water partition coefficient (Wildman–Crippen LogP) is 3.13. The van der Waals surface area contributed by atoms with E-state index in [0.717, 1.165) is 16.7 Å². The Hall–Kier alpha value is -2.63. The molecular weight excluding hydrogens is 472 g/mol. The molecule has 0 aromatic heterocycles. The van der Waals surface area contributed by atoms with Gasteiger partial charge in [0.2, 0.25) is 0 Å². The van der Waals surface area contributed by atoms with Gasteiger partial charge in [-0.15, -0.1) is 0 Å². The molecule has 2 aromatic rings. The Balaban J connectivity index is 1.70. The van der Waals surface area contributed by atoms with Gasteiger partial charge in [-0.3, -0.25) is 4.79 Å². The fraction of sp³-hybridized carbons (Fsp3) is 0.440. The molecule has 2 amide bonds. The third kappa shape index (κ3) is 8.52. The minimum Gasteiger partial charge on any atom is -0.465 e. The zero-order valence-corrected chi connectivity index (χ0v) is 20.5. The van der Waals surface area contributed by atoms with Crippen LogP contribution < -0.4 is 10.6 Å². The summed E-state index contributed by atoms with van der Waals surface area (Å²) in [5, 5.41) is 23.6. The Morgan fingerprint density at radius 3 is 2.63 bits per heavy atom. The zero-order chi connectivity index (χ0) is 25.0. The second-order valence-corrected chi connectivity index (χ2v) is 9.04. The molecule has 0 unspecified atom stereocenters. The van der Waals surface area contributed by atoms with Gasteiger partial charge in [-0.2, -0.15) is 11.8 Å². The van der Waals surface area contributed by atoms with Crippen molar-refractivity contribution in [3.8, 4) is 0 Å². The Morgan fingerprint density at radius 1 is 1.11 bits per heavy atom. The van der Waals surface area contributed by atoms with Crippen LogP contribution in [0.3, 0.4) is 0 Å². The van der Waals surface area contributed by atoms with Crippen molar-refractivity contribution in [2.45, 2.75) is 38.4 Å². The number of carbonyl (C=O) groups excluding carboxylic acids is 2. The number of nitrogens with one attached hydrogen (secondary N) is 2. The van der Waals surface area contributed by atoms with E-state index < -0.39 is 18.3 Å². The average molecular weight is 505 g/mol. The molecule has 0 radical (unpaired) electrons. The number of benzene rings is 2. The van der Waals surface area contributed by atoms with Crippen LogP contribution in [0.2, 0.25) is 0 Å². The van der Waals surface area contributed by atoms with Crippen LogP contribution in [-0.2, 0) is 25.6 Å². The number of carbonyl (C=O) groups is 2. The highest BCUT2D eigenvalue weighted by Crippen LogP contribution is 2.39. The third-order valence-corrected chi connectivity index (χ3v) is 6.35. The molecule has 0 aliphatic carbocycles. The summed E-state index contributed by atoms with van der Waals surface area (Å²) in [6, 6.07) is 14.3. The minimum absolute atomic E-state index is 0.0227. The first kappa shape index (κ1) is 27.0. The van der Waals surface area contributed by atoms with Crippen LogP contribution in [0.25, 0.3) is 0 Å². The molecule has 0 saturated carbocycles. The molecule has 35 heavy (non-hydrogen) atoms. The fourth-order valence-corrected chi connectivity index (χ4v) is 4.38. The summed E-state index contributed by atoms with van der Waals surface area (Å²) in [5.41, 5.74) is 3.08. The third-order valence-electron chi connectivity index (χ3n) is 5.27. The van der Waals surface area contributed by atoms with Crippen molar-refractivity contribution in [3.63, 3.8) is 0 Å². The largest absolute Gasteiger partial charge is 0.465 e. The maximum atomic E-state index is 12.2. The first-order chi connectivity index (χ1) is 17.0. The van der Waals surface area contributed by atoms with Gasteiger partial charge >= 0.3 is 12.0 Å². The highest BCUT2D eigenvalue weighted by molar-refractivity contribution is 7.99. The van der Waals surface area contributed by atoms with Gasteiger partial charge in [0.05, 0.1) is 32.0 Å². The van der Waals surface area contributed by atoms with E-state index in [0.29, 0.717) is 23.6 Å². The summed E-state index contributed by atoms with van der Waals surface area (Å²) in [5.74, 6) is 0.824. The van der Waals surface area contributed by atoms with Crippen molar-refractivity contribution in [2.24, 2.45) is 0 Å². The molecule has 0 bridgehead atoms. The standard InChI is InChI=1S/C25H32N2O7S/c1-2-32-23(30)14-26-25(31)27-20-5-3-4-19(12-20)24-33-21(16-35-11-10-28)13-22(34-24)18-8-6-17(15-29)7-9-18/h3-9,12,21-22,24,28-29H,2,10-11,13-16H2,1H3,(H2,26,27,31)/t21-,22+,24+/m0/s1. The van der Waals surface area contributed by atoms with Crippen LogP contribution >= 0.6 is 11.8 Å². The molecule has 3 atom stereocenters. The second-order valence-electron chi connectivity index (χ2n) is 7.89. The van der Waals surface area contributed by atoms with Crippen molar-refractivity contribution < 1.29 is 34.0 Å². The molecule has 1 aliphatic heterocycles. The van der Waals surface area contributed by atoms with Crippen LogP contribution in [-0.4, -0.2) is 59.6 Å². The van der Waals surface area contributed by atoms with Gasteiger partial charge < -0.3 is 35.1 Å². The number of urea groups is 1. The van der Waals surface area contributed by atoms with E-state index in [2.05, 4.69) is 10.6 Å². The van der Waals surface area contributed by atoms with E-state index in [4.69, 9.17) is 19.3 Å². The van der Waals surface area contributed by atoms with E-state index in [-0.39, 0.29) is 38.6 Å². The molecule has 4 N–H and O–H groups in total. The molecule has 1 heterocycles. The van der Waals surface area contributed by atoms with Crippen molar-refractivity contribution in [2.75, 3.05) is 36.6 Å². The number of rotatable bonds is 11. The Kier molecular flexibility index (Phi) is 10.8. The summed E-state index contributed by atoms with van der Waals surface area (Å²) in [6.45, 7) is 1.81. The molecule has 9 nitrogen and oxygen atoms in total. The van der Waals surface area contributed by atoms with E-state index in [1.807, 2.05) is 30.3 Å². The monoisotopic (exact) mass is 504 g/mol. The molecule has 1 fully saturated rings. The summed E-state index contributed by atoms with van der Waals surface area (Å²) < 4.78 is 17.3. The number of hydrogen-bond donors (Lipinski definition) is 4. The predicted molar refractivity (Wildman–Crippen MR) is 133 cm³/mol. The van der Waals surface area contributed by atoms with Gasteiger partial charge in [0.1, 0.15) is 6.54 Å². The van der Waals surface area contributed by atoms with Crippen LogP contribution in [0.5, 0.6) is 0 Å². The summed E-state index contributed by atoms with van der Waals surface area (Å²) >= 11 is 1.62. The zero-order valence-electron chi connectivity index (χ0n) is 19.6. The van der Waals surface area contributed by atoms with Gasteiger partial charge in [0, 0.05) is 29.2 Å². The molecule has 2 aromatic carbocycles. The number of anilines is 1. The quantitative estimate of drug-likeness (QED) is 0.272. The van der Waals surface area contributed by atoms with Crippen molar-refractivity contribution in [1.29, 1.82) is 0 Å². The number of aliphatic hydroxyl groups excluding tert-OH is 2. The SMILES string of the molecule is CCOC(=O)CNC(=O)Nc1cccc([C@@H]2O[C@H](CSCCO)C[C@H](c3ccc(CO)cc3)O2)c1. The number of thioether (sulfide) groups is 1. The van der Waals surface area contributed by atoms with E-state index in [1.165, 1.54) is 0 Å². The summed E-state index contributed by atoms with van der Waals surface area (Å²) in [4.78, 5) is 23.6. The van der Waals surface area contributed by atoms with Crippen LogP contribution in [0.15, 0.2) is 48.5 Å². The fourth-order valence-electron chi connectivity index (χ4n) is 3.60. The molecule has 0 spiro atoms. The molecule has 3 rings (SSSR count). The highest BCUT2D eigenvalue weighted by atomic mass is 32.2. The Labute approximate surface area is 209 Å². The Morgan fingerprint density at radius 2 is 1.91 bits per heavy atom. The van der Waals surface area contributed by atoms with E-state index in [1.54, 1.807) is 36.9 Å². The highest BCUT2D eigenvalue weighted by Gasteiger charge is 2.32. The van der Waals surface area contributed by atoms with Gasteiger partial charge in [-0.1, -0.05) is 36.4 Å². The first-order valence-corrected chi connectivity index (χ1v) is 12.7. The van der Waals surface area contributed by atoms with Crippen LogP contribution in [0.4, 0.5) is 10.5 Å². The lowest BCUT2D eigenvalue weighted by molar-refractivity contribution is -0.245. The lowest BCUT2D eigenvalue weighted by atomic mass is 10.0. The topological polar surface area (TPSA) is 126 Å². The Bertz CT molecular complexity index is 957.